The van der Waals surface area contributed by atoms with Crippen molar-refractivity contribution < 1.29 is 9.18 Å². The molecule has 0 radical (unpaired) electrons. The zero-order chi connectivity index (χ0) is 13.9. The molecule has 1 aromatic carbocycles. The number of hydrogen-bond donors (Lipinski definition) is 2. The first-order valence-corrected chi connectivity index (χ1v) is 7.26. The summed E-state index contributed by atoms with van der Waals surface area (Å²) in [7, 11) is 0. The lowest BCUT2D eigenvalue weighted by atomic mass is 10.1. The highest BCUT2D eigenvalue weighted by atomic mass is 19.1. The highest BCUT2D eigenvalue weighted by Gasteiger charge is 2.36. The lowest BCUT2D eigenvalue weighted by Gasteiger charge is -2.21. The van der Waals surface area contributed by atoms with E-state index in [4.69, 9.17) is 0 Å². The maximum Gasteiger partial charge on any atom is 0.238 e. The van der Waals surface area contributed by atoms with E-state index >= 15 is 0 Å². The summed E-state index contributed by atoms with van der Waals surface area (Å²) in [4.78, 5) is 14.4. The molecule has 3 rings (SSSR count). The Morgan fingerprint density at radius 3 is 3.00 bits per heavy atom. The van der Waals surface area contributed by atoms with Crippen LogP contribution in [0.2, 0.25) is 0 Å². The number of hydrogen-bond acceptors (Lipinski definition) is 3. The first-order valence-electron chi connectivity index (χ1n) is 7.26. The van der Waals surface area contributed by atoms with E-state index in [1.807, 2.05) is 0 Å². The standard InChI is InChI=1S/C15H20FN3O/c16-11-4-1-2-5-12(11)18-15(20)10-17-13-7-9-19-8-3-6-14(13)19/h1-2,4-5,13-14,17H,3,6-10H2,(H,18,20). The van der Waals surface area contributed by atoms with E-state index in [1.54, 1.807) is 18.2 Å². The van der Waals surface area contributed by atoms with Gasteiger partial charge in [-0.3, -0.25) is 9.69 Å². The smallest absolute Gasteiger partial charge is 0.238 e. The number of amides is 1. The minimum atomic E-state index is -0.399. The van der Waals surface area contributed by atoms with Gasteiger partial charge in [0.2, 0.25) is 5.91 Å². The summed E-state index contributed by atoms with van der Waals surface area (Å²) in [5.74, 6) is -0.588. The van der Waals surface area contributed by atoms with Gasteiger partial charge >= 0.3 is 0 Å². The van der Waals surface area contributed by atoms with Gasteiger partial charge in [-0.05, 0) is 37.9 Å². The van der Waals surface area contributed by atoms with Crippen molar-refractivity contribution in [3.8, 4) is 0 Å². The van der Waals surface area contributed by atoms with Gasteiger partial charge in [0.1, 0.15) is 5.82 Å². The summed E-state index contributed by atoms with van der Waals surface area (Å²) < 4.78 is 13.4. The molecule has 0 spiro atoms. The van der Waals surface area contributed by atoms with Crippen molar-refractivity contribution in [2.24, 2.45) is 0 Å². The van der Waals surface area contributed by atoms with E-state index in [0.717, 1.165) is 13.0 Å². The van der Waals surface area contributed by atoms with E-state index in [-0.39, 0.29) is 18.1 Å². The van der Waals surface area contributed by atoms with Gasteiger partial charge in [0.05, 0.1) is 12.2 Å². The van der Waals surface area contributed by atoms with Crippen molar-refractivity contribution in [2.75, 3.05) is 25.0 Å². The lowest BCUT2D eigenvalue weighted by Crippen LogP contribution is -2.42. The predicted octanol–water partition coefficient (Wildman–Crippen LogP) is 1.59. The molecule has 0 aromatic heterocycles. The summed E-state index contributed by atoms with van der Waals surface area (Å²) in [5, 5.41) is 5.92. The predicted molar refractivity (Wildman–Crippen MR) is 76.0 cm³/mol. The first kappa shape index (κ1) is 13.5. The van der Waals surface area contributed by atoms with E-state index in [1.165, 1.54) is 25.5 Å². The molecule has 108 valence electrons. The molecule has 2 fully saturated rings. The molecule has 0 bridgehead atoms. The fourth-order valence-electron chi connectivity index (χ4n) is 3.30. The normalized spacial score (nSPS) is 25.6. The molecule has 4 nitrogen and oxygen atoms in total. The second-order valence-electron chi connectivity index (χ2n) is 5.55. The Bertz CT molecular complexity index is 494. The van der Waals surface area contributed by atoms with E-state index in [2.05, 4.69) is 15.5 Å². The minimum Gasteiger partial charge on any atom is -0.322 e. The van der Waals surface area contributed by atoms with Crippen molar-refractivity contribution in [2.45, 2.75) is 31.3 Å². The molecule has 1 aromatic rings. The quantitative estimate of drug-likeness (QED) is 0.878. The largest absolute Gasteiger partial charge is 0.322 e. The average molecular weight is 277 g/mol. The number of rotatable bonds is 4. The van der Waals surface area contributed by atoms with Gasteiger partial charge in [-0.2, -0.15) is 0 Å². The molecule has 0 saturated carbocycles. The second-order valence-corrected chi connectivity index (χ2v) is 5.55. The molecule has 5 heteroatoms. The fraction of sp³-hybridized carbons (Fsp3) is 0.533. The Balaban J connectivity index is 1.49. The van der Waals surface area contributed by atoms with Gasteiger partial charge in [-0.25, -0.2) is 4.39 Å². The number of carbonyl (C=O) groups is 1. The van der Waals surface area contributed by atoms with Crippen LogP contribution in [0.3, 0.4) is 0 Å². The number of para-hydroxylation sites is 1. The summed E-state index contributed by atoms with van der Waals surface area (Å²) >= 11 is 0. The zero-order valence-electron chi connectivity index (χ0n) is 11.4. The number of benzene rings is 1. The second kappa shape index (κ2) is 5.89. The molecule has 2 N–H and O–H groups in total. The van der Waals surface area contributed by atoms with Crippen molar-refractivity contribution in [3.63, 3.8) is 0 Å². The van der Waals surface area contributed by atoms with Crippen LogP contribution in [0.1, 0.15) is 19.3 Å². The molecule has 2 saturated heterocycles. The van der Waals surface area contributed by atoms with Gasteiger partial charge in [-0.1, -0.05) is 12.1 Å². The number of fused-ring (bicyclic) bond motifs is 1. The van der Waals surface area contributed by atoms with Crippen LogP contribution in [0.15, 0.2) is 24.3 Å². The molecule has 20 heavy (non-hydrogen) atoms. The minimum absolute atomic E-state index is 0.188. The van der Waals surface area contributed by atoms with Gasteiger partial charge < -0.3 is 10.6 Å². The third kappa shape index (κ3) is 2.83. The fourth-order valence-corrected chi connectivity index (χ4v) is 3.30. The molecule has 2 aliphatic heterocycles. The number of halogens is 1. The van der Waals surface area contributed by atoms with Crippen LogP contribution >= 0.6 is 0 Å². The summed E-state index contributed by atoms with van der Waals surface area (Å²) in [6.07, 6.45) is 3.56. The molecule has 2 heterocycles. The van der Waals surface area contributed by atoms with Crippen molar-refractivity contribution in [3.05, 3.63) is 30.1 Å². The molecule has 0 aliphatic carbocycles. The Hall–Kier alpha value is -1.46. The highest BCUT2D eigenvalue weighted by molar-refractivity contribution is 5.92. The number of carbonyl (C=O) groups excluding carboxylic acids is 1. The summed E-state index contributed by atoms with van der Waals surface area (Å²) in [6.45, 7) is 2.55. The Kier molecular flexibility index (Phi) is 3.98. The molecule has 2 unspecified atom stereocenters. The maximum atomic E-state index is 13.4. The number of nitrogens with zero attached hydrogens (tertiary/aromatic N) is 1. The van der Waals surface area contributed by atoms with Gasteiger partial charge in [-0.15, -0.1) is 0 Å². The molecular weight excluding hydrogens is 257 g/mol. The van der Waals surface area contributed by atoms with Gasteiger partial charge in [0.25, 0.3) is 0 Å². The maximum absolute atomic E-state index is 13.4. The molecular formula is C15H20FN3O. The lowest BCUT2D eigenvalue weighted by molar-refractivity contribution is -0.115. The van der Waals surface area contributed by atoms with Crippen LogP contribution in [0.5, 0.6) is 0 Å². The first-order chi connectivity index (χ1) is 9.74. The van der Waals surface area contributed by atoms with Crippen LogP contribution in [-0.2, 0) is 4.79 Å². The molecule has 2 atom stereocenters. The molecule has 1 amide bonds. The van der Waals surface area contributed by atoms with Crippen LogP contribution in [0, 0.1) is 5.82 Å². The highest BCUT2D eigenvalue weighted by Crippen LogP contribution is 2.27. The van der Waals surface area contributed by atoms with E-state index < -0.39 is 5.82 Å². The zero-order valence-corrected chi connectivity index (χ0v) is 11.4. The Morgan fingerprint density at radius 2 is 2.15 bits per heavy atom. The molecule has 2 aliphatic rings. The van der Waals surface area contributed by atoms with Crippen molar-refractivity contribution >= 4 is 11.6 Å². The van der Waals surface area contributed by atoms with E-state index in [9.17, 15) is 9.18 Å². The van der Waals surface area contributed by atoms with Crippen LogP contribution in [0.25, 0.3) is 0 Å². The monoisotopic (exact) mass is 277 g/mol. The van der Waals surface area contributed by atoms with Crippen LogP contribution in [-0.4, -0.2) is 42.5 Å². The number of anilines is 1. The van der Waals surface area contributed by atoms with Crippen LogP contribution in [0.4, 0.5) is 10.1 Å². The van der Waals surface area contributed by atoms with Crippen molar-refractivity contribution in [1.82, 2.24) is 10.2 Å². The van der Waals surface area contributed by atoms with Crippen LogP contribution < -0.4 is 10.6 Å². The average Bonchev–Trinajstić information content (AvgIpc) is 3.02. The number of nitrogens with one attached hydrogen (secondary N) is 2. The summed E-state index contributed by atoms with van der Waals surface area (Å²) in [5.41, 5.74) is 0.244. The third-order valence-corrected chi connectivity index (χ3v) is 4.28. The van der Waals surface area contributed by atoms with Gasteiger partial charge in [0.15, 0.2) is 0 Å². The Morgan fingerprint density at radius 1 is 1.30 bits per heavy atom. The Labute approximate surface area is 118 Å². The topological polar surface area (TPSA) is 44.4 Å². The van der Waals surface area contributed by atoms with Crippen molar-refractivity contribution in [1.29, 1.82) is 0 Å². The third-order valence-electron chi connectivity index (χ3n) is 4.28. The SMILES string of the molecule is O=C(CNC1CCN2CCCC12)Nc1ccccc1F. The van der Waals surface area contributed by atoms with Gasteiger partial charge in [0, 0.05) is 18.6 Å². The summed E-state index contributed by atoms with van der Waals surface area (Å²) in [6, 6.07) is 7.20. The van der Waals surface area contributed by atoms with E-state index in [0.29, 0.717) is 12.1 Å².